The highest BCUT2D eigenvalue weighted by Gasteiger charge is 2.43. The van der Waals surface area contributed by atoms with Gasteiger partial charge in [0.2, 0.25) is 0 Å². The van der Waals surface area contributed by atoms with Crippen molar-refractivity contribution in [3.05, 3.63) is 0 Å². The van der Waals surface area contributed by atoms with Crippen molar-refractivity contribution in [3.8, 4) is 0 Å². The summed E-state index contributed by atoms with van der Waals surface area (Å²) >= 11 is 0. The summed E-state index contributed by atoms with van der Waals surface area (Å²) in [5, 5.41) is 10.0. The Hall–Kier alpha value is -0.240. The fraction of sp³-hybridized carbons (Fsp3) is 1.00. The molecule has 25 heavy (non-hydrogen) atoms. The minimum absolute atomic E-state index is 0.0332. The van der Waals surface area contributed by atoms with Crippen LogP contribution in [0.25, 0.3) is 0 Å². The van der Waals surface area contributed by atoms with E-state index in [-0.39, 0.29) is 23.8 Å². The number of rotatable bonds is 11. The summed E-state index contributed by atoms with van der Waals surface area (Å²) in [5.74, 6) is 0.394. The van der Waals surface area contributed by atoms with Crippen LogP contribution in [-0.4, -0.2) is 98.9 Å². The van der Waals surface area contributed by atoms with Gasteiger partial charge in [0.25, 0.3) is 0 Å². The fourth-order valence-electron chi connectivity index (χ4n) is 3.71. The van der Waals surface area contributed by atoms with Gasteiger partial charge in [0.1, 0.15) is 0 Å². The minimum atomic E-state index is -0.212. The lowest BCUT2D eigenvalue weighted by atomic mass is 9.95. The topological polar surface area (TPSA) is 54.4 Å². The highest BCUT2D eigenvalue weighted by molar-refractivity contribution is 4.97. The lowest BCUT2D eigenvalue weighted by molar-refractivity contribution is -0.168. The summed E-state index contributed by atoms with van der Waals surface area (Å²) < 4.78 is 17.3. The molecule has 2 heterocycles. The monoisotopic (exact) mass is 358 g/mol. The van der Waals surface area contributed by atoms with Gasteiger partial charge in [0, 0.05) is 13.2 Å². The van der Waals surface area contributed by atoms with Crippen LogP contribution >= 0.6 is 0 Å². The molecule has 2 aliphatic rings. The van der Waals surface area contributed by atoms with Gasteiger partial charge in [-0.3, -0.25) is 9.80 Å². The number of aliphatic hydroxyl groups excluding tert-OH is 1. The van der Waals surface area contributed by atoms with Gasteiger partial charge in [-0.15, -0.1) is 0 Å². The van der Waals surface area contributed by atoms with Gasteiger partial charge in [-0.2, -0.15) is 0 Å². The second-order valence-corrected chi connectivity index (χ2v) is 8.17. The van der Waals surface area contributed by atoms with E-state index in [2.05, 4.69) is 37.7 Å². The number of ether oxygens (including phenoxy) is 3. The second kappa shape index (κ2) is 9.11. The zero-order valence-electron chi connectivity index (χ0n) is 16.8. The first-order chi connectivity index (χ1) is 11.9. The Kier molecular flexibility index (Phi) is 7.67. The Bertz CT molecular complexity index is 403. The molecule has 6 heteroatoms. The van der Waals surface area contributed by atoms with Gasteiger partial charge in [0.05, 0.1) is 50.2 Å². The van der Waals surface area contributed by atoms with Gasteiger partial charge in [-0.05, 0) is 53.2 Å². The number of hydrogen-bond donors (Lipinski definition) is 1. The van der Waals surface area contributed by atoms with Crippen molar-refractivity contribution < 1.29 is 19.3 Å². The van der Waals surface area contributed by atoms with Crippen molar-refractivity contribution in [2.24, 2.45) is 5.92 Å². The van der Waals surface area contributed by atoms with E-state index in [1.54, 1.807) is 0 Å². The van der Waals surface area contributed by atoms with Crippen molar-refractivity contribution in [2.45, 2.75) is 50.8 Å². The van der Waals surface area contributed by atoms with E-state index in [9.17, 15) is 5.11 Å². The van der Waals surface area contributed by atoms with E-state index in [0.29, 0.717) is 25.7 Å². The van der Waals surface area contributed by atoms with Crippen LogP contribution < -0.4 is 0 Å². The maximum absolute atomic E-state index is 10.0. The molecule has 2 unspecified atom stereocenters. The van der Waals surface area contributed by atoms with E-state index in [4.69, 9.17) is 14.2 Å². The normalized spacial score (nSPS) is 28.9. The smallest absolute Gasteiger partial charge is 0.0909 e. The number of likely N-dealkylation sites (N-methyl/N-ethyl adjacent to an activating group) is 1. The van der Waals surface area contributed by atoms with Crippen LogP contribution in [0.1, 0.15) is 33.6 Å². The number of nitrogens with zero attached hydrogens (tertiary/aromatic N) is 2. The Morgan fingerprint density at radius 1 is 1.24 bits per heavy atom. The second-order valence-electron chi connectivity index (χ2n) is 8.17. The first-order valence-corrected chi connectivity index (χ1v) is 9.69. The molecule has 2 saturated heterocycles. The molecule has 0 aromatic heterocycles. The third-order valence-electron chi connectivity index (χ3n) is 6.22. The Morgan fingerprint density at radius 2 is 1.96 bits per heavy atom. The van der Waals surface area contributed by atoms with Gasteiger partial charge in [-0.1, -0.05) is 6.92 Å². The van der Waals surface area contributed by atoms with Crippen LogP contribution in [0, 0.1) is 5.92 Å². The average Bonchev–Trinajstić information content (AvgIpc) is 2.94. The van der Waals surface area contributed by atoms with Crippen LogP contribution in [0.2, 0.25) is 0 Å². The van der Waals surface area contributed by atoms with Crippen LogP contribution in [0.15, 0.2) is 0 Å². The van der Waals surface area contributed by atoms with Crippen LogP contribution in [-0.2, 0) is 14.2 Å². The SMILES string of the molecule is CCOCC1(CO)CCCN1C[C@@H](C)C(C)OCC1(N(C)C)COC1. The van der Waals surface area contributed by atoms with Crippen LogP contribution in [0.5, 0.6) is 0 Å². The van der Waals surface area contributed by atoms with Crippen molar-refractivity contribution in [1.29, 1.82) is 0 Å². The molecule has 2 fully saturated rings. The van der Waals surface area contributed by atoms with Gasteiger partial charge in [0.15, 0.2) is 0 Å². The molecule has 0 amide bonds. The number of aliphatic hydroxyl groups is 1. The highest BCUT2D eigenvalue weighted by Crippen LogP contribution is 2.31. The van der Waals surface area contributed by atoms with Crippen molar-refractivity contribution in [1.82, 2.24) is 9.80 Å². The van der Waals surface area contributed by atoms with E-state index in [0.717, 1.165) is 39.1 Å². The lowest BCUT2D eigenvalue weighted by Crippen LogP contribution is -2.63. The van der Waals surface area contributed by atoms with E-state index in [1.807, 2.05) is 6.92 Å². The molecule has 0 spiro atoms. The predicted molar refractivity (Wildman–Crippen MR) is 98.9 cm³/mol. The molecule has 0 aromatic rings. The summed E-state index contributed by atoms with van der Waals surface area (Å²) in [7, 11) is 4.18. The third kappa shape index (κ3) is 4.73. The van der Waals surface area contributed by atoms with E-state index < -0.39 is 0 Å². The predicted octanol–water partition coefficient (Wildman–Crippen LogP) is 1.22. The molecule has 0 aromatic carbocycles. The van der Waals surface area contributed by atoms with Crippen LogP contribution in [0.3, 0.4) is 0 Å². The number of likely N-dealkylation sites (tertiary alicyclic amines) is 1. The summed E-state index contributed by atoms with van der Waals surface area (Å²) in [6, 6.07) is 0. The molecular formula is C19H38N2O4. The van der Waals surface area contributed by atoms with Crippen LogP contribution in [0.4, 0.5) is 0 Å². The molecule has 1 N–H and O–H groups in total. The first kappa shape index (κ1) is 21.1. The van der Waals surface area contributed by atoms with Gasteiger partial charge >= 0.3 is 0 Å². The Morgan fingerprint density at radius 3 is 2.48 bits per heavy atom. The lowest BCUT2D eigenvalue weighted by Gasteiger charge is -2.47. The molecule has 0 radical (unpaired) electrons. The van der Waals surface area contributed by atoms with Crippen molar-refractivity contribution in [2.75, 3.05) is 66.8 Å². The molecule has 0 aliphatic carbocycles. The van der Waals surface area contributed by atoms with Gasteiger partial charge < -0.3 is 19.3 Å². The van der Waals surface area contributed by atoms with Crippen molar-refractivity contribution >= 4 is 0 Å². The molecule has 6 nitrogen and oxygen atoms in total. The Balaban J connectivity index is 1.86. The zero-order valence-corrected chi connectivity index (χ0v) is 16.8. The number of hydrogen-bond acceptors (Lipinski definition) is 6. The molecular weight excluding hydrogens is 320 g/mol. The average molecular weight is 359 g/mol. The van der Waals surface area contributed by atoms with E-state index in [1.165, 1.54) is 0 Å². The molecule has 2 rings (SSSR count). The summed E-state index contributed by atoms with van der Waals surface area (Å²) in [5.41, 5.74) is -0.178. The highest BCUT2D eigenvalue weighted by atomic mass is 16.5. The minimum Gasteiger partial charge on any atom is -0.394 e. The fourth-order valence-corrected chi connectivity index (χ4v) is 3.71. The first-order valence-electron chi connectivity index (χ1n) is 9.69. The molecule has 2 aliphatic heterocycles. The standard InChI is InChI=1S/C19H38N2O4/c1-6-23-12-18(11-22)8-7-9-21(18)10-16(2)17(3)25-15-19(20(4)5)13-24-14-19/h16-17,22H,6-15H2,1-5H3/t16-,17?,18?/m1/s1. The molecule has 148 valence electrons. The summed E-state index contributed by atoms with van der Waals surface area (Å²) in [4.78, 5) is 4.63. The molecule has 0 bridgehead atoms. The maximum Gasteiger partial charge on any atom is 0.0909 e. The zero-order chi connectivity index (χ0) is 18.5. The van der Waals surface area contributed by atoms with Crippen molar-refractivity contribution in [3.63, 3.8) is 0 Å². The summed E-state index contributed by atoms with van der Waals surface area (Å²) in [6.07, 6.45) is 2.30. The quantitative estimate of drug-likeness (QED) is 0.599. The maximum atomic E-state index is 10.0. The van der Waals surface area contributed by atoms with Gasteiger partial charge in [-0.25, -0.2) is 0 Å². The molecule has 3 atom stereocenters. The largest absolute Gasteiger partial charge is 0.394 e. The third-order valence-corrected chi connectivity index (χ3v) is 6.22. The van der Waals surface area contributed by atoms with E-state index >= 15 is 0 Å². The summed E-state index contributed by atoms with van der Waals surface area (Å²) in [6.45, 7) is 12.0. The Labute approximate surface area is 153 Å². The molecule has 0 saturated carbocycles.